The number of hydrogen-bond acceptors (Lipinski definition) is 3. The Labute approximate surface area is 127 Å². The van der Waals surface area contributed by atoms with Gasteiger partial charge < -0.3 is 5.11 Å². The highest BCUT2D eigenvalue weighted by Crippen LogP contribution is 2.30. The Morgan fingerprint density at radius 3 is 2.14 bits per heavy atom. The van der Waals surface area contributed by atoms with Gasteiger partial charge in [-0.05, 0) is 44.7 Å². The lowest BCUT2D eigenvalue weighted by Crippen LogP contribution is -2.46. The number of benzene rings is 1. The highest BCUT2D eigenvalue weighted by Gasteiger charge is 2.35. The Bertz CT molecular complexity index is 601. The Hall–Kier alpha value is -0.910. The number of sulfonamides is 1. The lowest BCUT2D eigenvalue weighted by Gasteiger charge is -2.35. The van der Waals surface area contributed by atoms with E-state index in [0.717, 1.165) is 36.0 Å². The van der Waals surface area contributed by atoms with Crippen LogP contribution in [0.1, 0.15) is 42.4 Å². The Morgan fingerprint density at radius 1 is 1.10 bits per heavy atom. The minimum Gasteiger partial charge on any atom is -0.391 e. The summed E-state index contributed by atoms with van der Waals surface area (Å²) in [5.41, 5.74) is 2.60. The highest BCUT2D eigenvalue weighted by atomic mass is 32.2. The molecule has 1 aromatic rings. The molecule has 1 aliphatic carbocycles. The van der Waals surface area contributed by atoms with E-state index in [4.69, 9.17) is 0 Å². The second-order valence-corrected chi connectivity index (χ2v) is 8.10. The van der Waals surface area contributed by atoms with Gasteiger partial charge in [0.05, 0.1) is 17.0 Å². The Kier molecular flexibility index (Phi) is 4.76. The molecule has 0 saturated heterocycles. The number of rotatable bonds is 3. The molecule has 0 radical (unpaired) electrons. The van der Waals surface area contributed by atoms with Gasteiger partial charge in [0.2, 0.25) is 10.0 Å². The number of nitrogens with zero attached hydrogens (tertiary/aromatic N) is 1. The van der Waals surface area contributed by atoms with Crippen molar-refractivity contribution in [1.29, 1.82) is 0 Å². The van der Waals surface area contributed by atoms with Crippen LogP contribution in [0.5, 0.6) is 0 Å². The van der Waals surface area contributed by atoms with Crippen molar-refractivity contribution < 1.29 is 13.5 Å². The fourth-order valence-corrected chi connectivity index (χ4v) is 5.23. The third-order valence-electron chi connectivity index (χ3n) is 4.40. The summed E-state index contributed by atoms with van der Waals surface area (Å²) in [5.74, 6) is 0. The summed E-state index contributed by atoms with van der Waals surface area (Å²) >= 11 is 0. The summed E-state index contributed by atoms with van der Waals surface area (Å²) in [7, 11) is -1.99. The van der Waals surface area contributed by atoms with E-state index in [-0.39, 0.29) is 6.04 Å². The quantitative estimate of drug-likeness (QED) is 0.933. The van der Waals surface area contributed by atoms with Gasteiger partial charge in [-0.1, -0.05) is 30.5 Å². The average Bonchev–Trinajstić information content (AvgIpc) is 2.36. The number of hydrogen-bond donors (Lipinski definition) is 1. The largest absolute Gasteiger partial charge is 0.391 e. The molecule has 0 heterocycles. The molecule has 0 unspecified atom stereocenters. The smallest absolute Gasteiger partial charge is 0.243 e. The van der Waals surface area contributed by atoms with Gasteiger partial charge in [0.15, 0.2) is 0 Å². The Morgan fingerprint density at radius 2 is 1.62 bits per heavy atom. The molecule has 0 amide bonds. The van der Waals surface area contributed by atoms with Gasteiger partial charge in [0.25, 0.3) is 0 Å². The van der Waals surface area contributed by atoms with Crippen molar-refractivity contribution in [2.75, 3.05) is 7.05 Å². The van der Waals surface area contributed by atoms with E-state index in [9.17, 15) is 13.5 Å². The van der Waals surface area contributed by atoms with Crippen LogP contribution < -0.4 is 0 Å². The van der Waals surface area contributed by atoms with Gasteiger partial charge in [-0.2, -0.15) is 4.31 Å². The molecule has 21 heavy (non-hydrogen) atoms. The molecular formula is C16H25NO3S. The van der Waals surface area contributed by atoms with E-state index >= 15 is 0 Å². The van der Waals surface area contributed by atoms with Gasteiger partial charge in [-0.25, -0.2) is 8.42 Å². The first-order chi connectivity index (χ1) is 9.75. The lowest BCUT2D eigenvalue weighted by atomic mass is 9.93. The van der Waals surface area contributed by atoms with Crippen LogP contribution in [-0.2, 0) is 10.0 Å². The van der Waals surface area contributed by atoms with E-state index in [1.807, 2.05) is 32.9 Å². The number of aliphatic hydroxyl groups excluding tert-OH is 1. The molecule has 0 aromatic heterocycles. The van der Waals surface area contributed by atoms with Crippen molar-refractivity contribution in [3.63, 3.8) is 0 Å². The maximum atomic E-state index is 12.9. The van der Waals surface area contributed by atoms with Crippen LogP contribution in [-0.4, -0.2) is 37.0 Å². The maximum Gasteiger partial charge on any atom is 0.243 e. The fourth-order valence-electron chi connectivity index (χ4n) is 3.41. The molecule has 2 atom stereocenters. The fraction of sp³-hybridized carbons (Fsp3) is 0.625. The van der Waals surface area contributed by atoms with Crippen LogP contribution in [0.3, 0.4) is 0 Å². The monoisotopic (exact) mass is 311 g/mol. The van der Waals surface area contributed by atoms with Gasteiger partial charge >= 0.3 is 0 Å². The maximum absolute atomic E-state index is 12.9. The number of aryl methyl sites for hydroxylation is 3. The van der Waals surface area contributed by atoms with Crippen molar-refractivity contribution in [1.82, 2.24) is 4.31 Å². The predicted octanol–water partition coefficient (Wildman–Crippen LogP) is 2.54. The van der Waals surface area contributed by atoms with E-state index in [1.54, 1.807) is 7.05 Å². The summed E-state index contributed by atoms with van der Waals surface area (Å²) in [6, 6.07) is 3.47. The zero-order valence-electron chi connectivity index (χ0n) is 13.3. The van der Waals surface area contributed by atoms with Crippen LogP contribution in [0.15, 0.2) is 17.0 Å². The summed E-state index contributed by atoms with van der Waals surface area (Å²) in [6.45, 7) is 5.63. The summed E-state index contributed by atoms with van der Waals surface area (Å²) in [4.78, 5) is 0.383. The molecule has 1 N–H and O–H groups in total. The van der Waals surface area contributed by atoms with Crippen LogP contribution >= 0.6 is 0 Å². The zero-order valence-corrected chi connectivity index (χ0v) is 14.1. The zero-order chi connectivity index (χ0) is 15.8. The van der Waals surface area contributed by atoms with E-state index < -0.39 is 16.1 Å². The second kappa shape index (κ2) is 6.07. The molecule has 1 saturated carbocycles. The van der Waals surface area contributed by atoms with E-state index in [1.165, 1.54) is 4.31 Å². The van der Waals surface area contributed by atoms with Crippen LogP contribution in [0.4, 0.5) is 0 Å². The molecule has 1 aliphatic rings. The molecule has 0 bridgehead atoms. The summed E-state index contributed by atoms with van der Waals surface area (Å²) in [5, 5.41) is 10.1. The standard InChI is InChI=1S/C16H25NO3S/c1-11-9-12(2)16(13(3)10-11)21(19,20)17(4)14-7-5-6-8-15(14)18/h9-10,14-15,18H,5-8H2,1-4H3/t14-,15+/m0/s1. The van der Waals surface area contributed by atoms with Gasteiger partial charge in [0.1, 0.15) is 0 Å². The summed E-state index contributed by atoms with van der Waals surface area (Å²) in [6.07, 6.45) is 2.77. The summed E-state index contributed by atoms with van der Waals surface area (Å²) < 4.78 is 27.3. The number of likely N-dealkylation sites (N-methyl/N-ethyl adjacent to an activating group) is 1. The molecular weight excluding hydrogens is 286 g/mol. The number of aliphatic hydroxyl groups is 1. The topological polar surface area (TPSA) is 57.6 Å². The lowest BCUT2D eigenvalue weighted by molar-refractivity contribution is 0.0637. The predicted molar refractivity (Wildman–Crippen MR) is 83.9 cm³/mol. The molecule has 1 aromatic carbocycles. The second-order valence-electron chi connectivity index (χ2n) is 6.17. The SMILES string of the molecule is Cc1cc(C)c(S(=O)(=O)N(C)[C@H]2CCCC[C@H]2O)c(C)c1. The molecule has 0 aliphatic heterocycles. The molecule has 1 fully saturated rings. The first kappa shape index (κ1) is 16.5. The molecule has 4 nitrogen and oxygen atoms in total. The van der Waals surface area contributed by atoms with E-state index in [2.05, 4.69) is 0 Å². The van der Waals surface area contributed by atoms with Crippen molar-refractivity contribution in [2.24, 2.45) is 0 Å². The Balaban J connectivity index is 2.42. The molecule has 118 valence electrons. The normalized spacial score (nSPS) is 23.5. The third kappa shape index (κ3) is 3.15. The minimum absolute atomic E-state index is 0.316. The third-order valence-corrected chi connectivity index (χ3v) is 6.59. The van der Waals surface area contributed by atoms with Crippen molar-refractivity contribution in [2.45, 2.75) is 63.5 Å². The van der Waals surface area contributed by atoms with Crippen molar-refractivity contribution >= 4 is 10.0 Å². The molecule has 0 spiro atoms. The molecule has 5 heteroatoms. The van der Waals surface area contributed by atoms with Gasteiger partial charge in [-0.3, -0.25) is 0 Å². The van der Waals surface area contributed by atoms with Gasteiger partial charge in [-0.15, -0.1) is 0 Å². The van der Waals surface area contributed by atoms with Crippen molar-refractivity contribution in [3.8, 4) is 0 Å². The van der Waals surface area contributed by atoms with Crippen LogP contribution in [0.2, 0.25) is 0 Å². The average molecular weight is 311 g/mol. The molecule has 2 rings (SSSR count). The van der Waals surface area contributed by atoms with E-state index in [0.29, 0.717) is 11.3 Å². The minimum atomic E-state index is -3.58. The van der Waals surface area contributed by atoms with Crippen LogP contribution in [0.25, 0.3) is 0 Å². The first-order valence-electron chi connectivity index (χ1n) is 7.49. The van der Waals surface area contributed by atoms with Crippen molar-refractivity contribution in [3.05, 3.63) is 28.8 Å². The first-order valence-corrected chi connectivity index (χ1v) is 8.93. The van der Waals surface area contributed by atoms with Gasteiger partial charge in [0, 0.05) is 7.05 Å². The van der Waals surface area contributed by atoms with Crippen LogP contribution in [0, 0.1) is 20.8 Å². The highest BCUT2D eigenvalue weighted by molar-refractivity contribution is 7.89.